The van der Waals surface area contributed by atoms with E-state index in [1.54, 1.807) is 12.1 Å². The number of carbonyl (C=O) groups is 1. The fraction of sp³-hybridized carbons (Fsp3) is 0.409. The molecule has 0 radical (unpaired) electrons. The molecule has 32 heavy (non-hydrogen) atoms. The third kappa shape index (κ3) is 3.87. The van der Waals surface area contributed by atoms with Crippen molar-refractivity contribution in [3.05, 3.63) is 47.0 Å². The van der Waals surface area contributed by atoms with Crippen LogP contribution in [0, 0.1) is 6.92 Å². The van der Waals surface area contributed by atoms with E-state index < -0.39 is 43.4 Å². The number of fused-ring (bicyclic) bond motifs is 1. The van der Waals surface area contributed by atoms with E-state index in [4.69, 9.17) is 14.2 Å². The van der Waals surface area contributed by atoms with Crippen molar-refractivity contribution in [1.29, 1.82) is 0 Å². The highest BCUT2D eigenvalue weighted by molar-refractivity contribution is 6.03. The van der Waals surface area contributed by atoms with E-state index in [-0.39, 0.29) is 46.3 Å². The smallest absolute Gasteiger partial charge is 0.229 e. The lowest BCUT2D eigenvalue weighted by Gasteiger charge is -2.39. The maximum absolute atomic E-state index is 12.7. The Labute approximate surface area is 182 Å². The molecule has 1 saturated heterocycles. The standard InChI is InChI=1S/C22H24O10/c1-9-13(31-22-21(29)20(28)19(27)16(8-23)32-22)7-15-17(18(9)26)12(25)6-14(30-15)10-2-4-11(24)5-3-10/h2-5,7,14,16,19-24,26-29H,6,8H2,1H3. The molecule has 2 heterocycles. The quantitative estimate of drug-likeness (QED) is 0.383. The molecular weight excluding hydrogens is 424 g/mol. The minimum atomic E-state index is -1.64. The Balaban J connectivity index is 1.64. The Morgan fingerprint density at radius 1 is 1.06 bits per heavy atom. The second-order valence-corrected chi connectivity index (χ2v) is 7.86. The number of rotatable bonds is 4. The Hall–Kier alpha value is -2.89. The van der Waals surface area contributed by atoms with Crippen LogP contribution in [0.4, 0.5) is 0 Å². The van der Waals surface area contributed by atoms with Crippen LogP contribution in [-0.4, -0.2) is 73.7 Å². The first-order chi connectivity index (χ1) is 15.2. The molecule has 2 aliphatic heterocycles. The van der Waals surface area contributed by atoms with Crippen LogP contribution in [-0.2, 0) is 4.74 Å². The van der Waals surface area contributed by atoms with Gasteiger partial charge in [-0.2, -0.15) is 0 Å². The van der Waals surface area contributed by atoms with Crippen molar-refractivity contribution in [1.82, 2.24) is 0 Å². The number of phenols is 2. The van der Waals surface area contributed by atoms with Crippen LogP contribution in [0.15, 0.2) is 30.3 Å². The molecule has 4 rings (SSSR count). The molecule has 1 fully saturated rings. The average Bonchev–Trinajstić information content (AvgIpc) is 2.77. The summed E-state index contributed by atoms with van der Waals surface area (Å²) in [4.78, 5) is 12.7. The Morgan fingerprint density at radius 2 is 1.75 bits per heavy atom. The third-order valence-corrected chi connectivity index (χ3v) is 5.75. The van der Waals surface area contributed by atoms with Gasteiger partial charge in [-0.3, -0.25) is 4.79 Å². The number of hydrogen-bond donors (Lipinski definition) is 6. The number of ether oxygens (including phenoxy) is 3. The summed E-state index contributed by atoms with van der Waals surface area (Å²) in [6, 6.07) is 7.56. The molecule has 2 aromatic rings. The minimum Gasteiger partial charge on any atom is -0.508 e. The summed E-state index contributed by atoms with van der Waals surface area (Å²) in [5.74, 6) is -0.549. The summed E-state index contributed by atoms with van der Waals surface area (Å²) in [5, 5.41) is 59.6. The van der Waals surface area contributed by atoms with E-state index in [2.05, 4.69) is 0 Å². The molecular formula is C22H24O10. The van der Waals surface area contributed by atoms with Gasteiger partial charge in [0, 0.05) is 11.6 Å². The Bertz CT molecular complexity index is 1000. The molecule has 0 amide bonds. The molecule has 0 aliphatic carbocycles. The predicted molar refractivity (Wildman–Crippen MR) is 108 cm³/mol. The first-order valence-electron chi connectivity index (χ1n) is 10.0. The fourth-order valence-corrected chi connectivity index (χ4v) is 3.84. The Kier molecular flexibility index (Phi) is 5.97. The molecule has 172 valence electrons. The van der Waals surface area contributed by atoms with Crippen molar-refractivity contribution in [3.8, 4) is 23.0 Å². The number of hydrogen-bond acceptors (Lipinski definition) is 10. The van der Waals surface area contributed by atoms with E-state index in [0.717, 1.165) is 0 Å². The predicted octanol–water partition coefficient (Wildman–Crippen LogP) is 0.291. The van der Waals surface area contributed by atoms with Gasteiger partial charge in [0.05, 0.1) is 13.0 Å². The SMILES string of the molecule is Cc1c(OC2OC(CO)C(O)C(O)C2O)cc2c(c1O)C(=O)CC(c1ccc(O)cc1)O2. The van der Waals surface area contributed by atoms with E-state index in [9.17, 15) is 35.4 Å². The summed E-state index contributed by atoms with van der Waals surface area (Å²) in [5.41, 5.74) is 0.831. The monoisotopic (exact) mass is 448 g/mol. The molecule has 2 aliphatic rings. The number of phenolic OH excluding ortho intramolecular Hbond substituents is 2. The van der Waals surface area contributed by atoms with Gasteiger partial charge in [0.15, 0.2) is 5.78 Å². The highest BCUT2D eigenvalue weighted by Crippen LogP contribution is 2.45. The average molecular weight is 448 g/mol. The molecule has 10 heteroatoms. The van der Waals surface area contributed by atoms with Gasteiger partial charge < -0.3 is 44.8 Å². The summed E-state index contributed by atoms with van der Waals surface area (Å²) in [7, 11) is 0. The molecule has 0 spiro atoms. The highest BCUT2D eigenvalue weighted by atomic mass is 16.7. The van der Waals surface area contributed by atoms with Crippen LogP contribution >= 0.6 is 0 Å². The zero-order valence-corrected chi connectivity index (χ0v) is 17.1. The van der Waals surface area contributed by atoms with Crippen LogP contribution in [0.2, 0.25) is 0 Å². The van der Waals surface area contributed by atoms with Crippen molar-refractivity contribution in [3.63, 3.8) is 0 Å². The van der Waals surface area contributed by atoms with Gasteiger partial charge in [-0.05, 0) is 24.6 Å². The zero-order chi connectivity index (χ0) is 23.2. The zero-order valence-electron chi connectivity index (χ0n) is 17.1. The number of carbonyl (C=O) groups excluding carboxylic acids is 1. The summed E-state index contributed by atoms with van der Waals surface area (Å²) >= 11 is 0. The first-order valence-corrected chi connectivity index (χ1v) is 10.0. The van der Waals surface area contributed by atoms with Crippen molar-refractivity contribution < 1.29 is 49.6 Å². The largest absolute Gasteiger partial charge is 0.508 e. The number of ketones is 1. The van der Waals surface area contributed by atoms with Gasteiger partial charge in [-0.25, -0.2) is 0 Å². The van der Waals surface area contributed by atoms with Crippen LogP contribution < -0.4 is 9.47 Å². The Morgan fingerprint density at radius 3 is 2.41 bits per heavy atom. The van der Waals surface area contributed by atoms with Gasteiger partial charge in [0.25, 0.3) is 0 Å². The lowest BCUT2D eigenvalue weighted by atomic mass is 9.94. The van der Waals surface area contributed by atoms with Crippen LogP contribution in [0.3, 0.4) is 0 Å². The van der Waals surface area contributed by atoms with Gasteiger partial charge in [0.1, 0.15) is 59.1 Å². The minimum absolute atomic E-state index is 0.00122. The van der Waals surface area contributed by atoms with E-state index in [1.165, 1.54) is 25.1 Å². The van der Waals surface area contributed by atoms with Crippen molar-refractivity contribution in [2.24, 2.45) is 0 Å². The highest BCUT2D eigenvalue weighted by Gasteiger charge is 2.45. The summed E-state index contributed by atoms with van der Waals surface area (Å²) < 4.78 is 16.9. The lowest BCUT2D eigenvalue weighted by molar-refractivity contribution is -0.277. The van der Waals surface area contributed by atoms with Gasteiger partial charge in [0.2, 0.25) is 6.29 Å². The van der Waals surface area contributed by atoms with Crippen LogP contribution in [0.5, 0.6) is 23.0 Å². The molecule has 0 saturated carbocycles. The normalized spacial score (nSPS) is 29.8. The molecule has 6 N–H and O–H groups in total. The van der Waals surface area contributed by atoms with Crippen molar-refractivity contribution in [2.45, 2.75) is 50.2 Å². The number of aromatic hydroxyl groups is 2. The number of aliphatic hydroxyl groups excluding tert-OH is 4. The van der Waals surface area contributed by atoms with Crippen molar-refractivity contribution >= 4 is 5.78 Å². The summed E-state index contributed by atoms with van der Waals surface area (Å²) in [6.45, 7) is 0.874. The number of aliphatic hydroxyl groups is 4. The second-order valence-electron chi connectivity index (χ2n) is 7.86. The van der Waals surface area contributed by atoms with Gasteiger partial charge in [-0.1, -0.05) is 12.1 Å². The maximum atomic E-state index is 12.7. The fourth-order valence-electron chi connectivity index (χ4n) is 3.84. The van der Waals surface area contributed by atoms with Gasteiger partial charge >= 0.3 is 0 Å². The molecule has 10 nitrogen and oxygen atoms in total. The molecule has 6 unspecified atom stereocenters. The third-order valence-electron chi connectivity index (χ3n) is 5.75. The maximum Gasteiger partial charge on any atom is 0.229 e. The molecule has 0 aromatic heterocycles. The number of benzene rings is 2. The second kappa shape index (κ2) is 8.57. The molecule has 2 aromatic carbocycles. The van der Waals surface area contributed by atoms with E-state index in [1.807, 2.05) is 0 Å². The van der Waals surface area contributed by atoms with Crippen LogP contribution in [0.25, 0.3) is 0 Å². The molecule has 6 atom stereocenters. The van der Waals surface area contributed by atoms with Gasteiger partial charge in [-0.15, -0.1) is 0 Å². The van der Waals surface area contributed by atoms with E-state index >= 15 is 0 Å². The van der Waals surface area contributed by atoms with Crippen LogP contribution in [0.1, 0.15) is 34.0 Å². The first kappa shape index (κ1) is 22.3. The topological polar surface area (TPSA) is 166 Å². The van der Waals surface area contributed by atoms with E-state index in [0.29, 0.717) is 5.56 Å². The molecule has 0 bridgehead atoms. The lowest BCUT2D eigenvalue weighted by Crippen LogP contribution is -2.60. The summed E-state index contributed by atoms with van der Waals surface area (Å²) in [6.07, 6.45) is -8.11. The number of Topliss-reactive ketones (excluding diaryl/α,β-unsaturated/α-hetero) is 1. The van der Waals surface area contributed by atoms with Crippen molar-refractivity contribution in [2.75, 3.05) is 6.61 Å².